The molecule has 0 aromatic heterocycles. The fraction of sp³-hybridized carbons (Fsp3) is 0.857. The summed E-state index contributed by atoms with van der Waals surface area (Å²) < 4.78 is 34.4. The Labute approximate surface area is 69.4 Å². The smallest absolute Gasteiger partial charge is 0.386 e. The molecule has 0 saturated heterocycles. The van der Waals surface area contributed by atoms with Crippen LogP contribution in [-0.4, -0.2) is 19.0 Å². The van der Waals surface area contributed by atoms with Crippen molar-refractivity contribution in [1.82, 2.24) is 0 Å². The molecule has 0 N–H and O–H groups in total. The molecule has 0 aliphatic carbocycles. The van der Waals surface area contributed by atoms with Gasteiger partial charge in [0.15, 0.2) is 0 Å². The van der Waals surface area contributed by atoms with Crippen LogP contribution >= 0.6 is 0 Å². The maximum Gasteiger partial charge on any atom is 0.425 e. The Bertz CT molecular complexity index is 157. The molecule has 12 heavy (non-hydrogen) atoms. The van der Waals surface area contributed by atoms with Crippen molar-refractivity contribution in [2.24, 2.45) is 10.6 Å². The number of nitrogens with zero attached hydrogens (tertiary/aromatic N) is 1. The highest BCUT2D eigenvalue weighted by Crippen LogP contribution is 2.15. The minimum absolute atomic E-state index is 0.383. The average Bonchev–Trinajstić information content (AvgIpc) is 1.76. The van der Waals surface area contributed by atoms with Gasteiger partial charge in [-0.3, -0.25) is 0 Å². The van der Waals surface area contributed by atoms with Gasteiger partial charge in [-0.1, -0.05) is 25.9 Å². The Morgan fingerprint density at radius 2 is 1.75 bits per heavy atom. The fourth-order valence-corrected chi connectivity index (χ4v) is 0.275. The van der Waals surface area contributed by atoms with Crippen molar-refractivity contribution in [1.29, 1.82) is 0 Å². The molecule has 0 aromatic rings. The van der Waals surface area contributed by atoms with Crippen molar-refractivity contribution >= 4 is 6.21 Å². The molecule has 0 saturated carbocycles. The van der Waals surface area contributed by atoms with E-state index in [1.165, 1.54) is 0 Å². The lowest BCUT2D eigenvalue weighted by molar-refractivity contribution is -0.173. The highest BCUT2D eigenvalue weighted by molar-refractivity contribution is 5.63. The van der Waals surface area contributed by atoms with Crippen molar-refractivity contribution in [2.45, 2.75) is 26.9 Å². The third-order valence-electron chi connectivity index (χ3n) is 0.674. The van der Waals surface area contributed by atoms with E-state index in [-0.39, 0.29) is 5.41 Å². The molecule has 0 spiro atoms. The molecule has 0 aliphatic rings. The number of halogens is 3. The second-order valence-corrected chi connectivity index (χ2v) is 3.34. The Morgan fingerprint density at radius 1 is 1.25 bits per heavy atom. The van der Waals surface area contributed by atoms with Crippen molar-refractivity contribution in [3.63, 3.8) is 0 Å². The second-order valence-electron chi connectivity index (χ2n) is 3.34. The molecule has 0 rings (SSSR count). The van der Waals surface area contributed by atoms with Crippen LogP contribution in [0.15, 0.2) is 5.16 Å². The highest BCUT2D eigenvalue weighted by Gasteiger charge is 2.28. The standard InChI is InChI=1S/C7H11F3NO/c1-6(2,3)4-11-12-5-7(8,9)10/h5H2,1-3H3. The number of rotatable bonds is 2. The third-order valence-corrected chi connectivity index (χ3v) is 0.674. The second kappa shape index (κ2) is 3.78. The summed E-state index contributed by atoms with van der Waals surface area (Å²) in [6, 6.07) is 0. The first kappa shape index (κ1) is 11.3. The number of hydrogen-bond acceptors (Lipinski definition) is 2. The van der Waals surface area contributed by atoms with Crippen LogP contribution in [0.5, 0.6) is 0 Å². The predicted octanol–water partition coefficient (Wildman–Crippen LogP) is 2.47. The summed E-state index contributed by atoms with van der Waals surface area (Å²) in [5, 5.41) is 3.06. The van der Waals surface area contributed by atoms with E-state index >= 15 is 0 Å². The van der Waals surface area contributed by atoms with E-state index in [1.807, 2.05) is 0 Å². The number of hydrogen-bond donors (Lipinski definition) is 0. The molecule has 0 atom stereocenters. The van der Waals surface area contributed by atoms with Crippen molar-refractivity contribution < 1.29 is 18.0 Å². The lowest BCUT2D eigenvalue weighted by atomic mass is 10.00. The molecule has 0 aliphatic heterocycles. The van der Waals surface area contributed by atoms with Gasteiger partial charge in [-0.2, -0.15) is 13.2 Å². The quantitative estimate of drug-likeness (QED) is 0.475. The lowest BCUT2D eigenvalue weighted by Gasteiger charge is -2.08. The van der Waals surface area contributed by atoms with Gasteiger partial charge in [-0.15, -0.1) is 0 Å². The number of alkyl halides is 3. The van der Waals surface area contributed by atoms with Crippen LogP contribution < -0.4 is 0 Å². The minimum atomic E-state index is -4.33. The SMILES string of the molecule is CC(C)(C)/[C]=N/OCC(F)(F)F. The fourth-order valence-electron chi connectivity index (χ4n) is 0.275. The maximum atomic E-state index is 11.5. The zero-order valence-electron chi connectivity index (χ0n) is 7.20. The van der Waals surface area contributed by atoms with Crippen LogP contribution in [0.2, 0.25) is 0 Å². The molecular formula is C7H11F3NO. The van der Waals surface area contributed by atoms with Crippen molar-refractivity contribution in [2.75, 3.05) is 6.61 Å². The van der Waals surface area contributed by atoms with Crippen LogP contribution in [0, 0.1) is 5.41 Å². The summed E-state index contributed by atoms with van der Waals surface area (Å²) in [4.78, 5) is 3.96. The van der Waals surface area contributed by atoms with E-state index in [4.69, 9.17) is 0 Å². The maximum absolute atomic E-state index is 11.5. The van der Waals surface area contributed by atoms with Crippen LogP contribution in [-0.2, 0) is 4.84 Å². The first-order valence-corrected chi connectivity index (χ1v) is 3.37. The van der Waals surface area contributed by atoms with Crippen molar-refractivity contribution in [3.05, 3.63) is 0 Å². The molecule has 71 valence electrons. The monoisotopic (exact) mass is 182 g/mol. The molecule has 2 nitrogen and oxygen atoms in total. The molecular weight excluding hydrogens is 171 g/mol. The van der Waals surface area contributed by atoms with Crippen LogP contribution in [0.3, 0.4) is 0 Å². The molecule has 0 amide bonds. The normalized spacial score (nSPS) is 13.8. The summed E-state index contributed by atoms with van der Waals surface area (Å²) >= 11 is 0. The van der Waals surface area contributed by atoms with Gasteiger partial charge in [0.2, 0.25) is 6.61 Å². The van der Waals surface area contributed by atoms with Gasteiger partial charge >= 0.3 is 6.18 Å². The van der Waals surface area contributed by atoms with E-state index in [0.717, 1.165) is 0 Å². The first-order chi connectivity index (χ1) is 5.21. The van der Waals surface area contributed by atoms with Gasteiger partial charge in [0, 0.05) is 5.41 Å². The topological polar surface area (TPSA) is 21.6 Å². The molecule has 0 heterocycles. The predicted molar refractivity (Wildman–Crippen MR) is 38.9 cm³/mol. The average molecular weight is 182 g/mol. The summed E-state index contributed by atoms with van der Waals surface area (Å²) in [6.45, 7) is 3.91. The zero-order chi connectivity index (χ0) is 9.83. The van der Waals surface area contributed by atoms with Crippen molar-refractivity contribution in [3.8, 4) is 0 Å². The first-order valence-electron chi connectivity index (χ1n) is 3.37. The zero-order valence-corrected chi connectivity index (χ0v) is 7.20. The van der Waals surface area contributed by atoms with Gasteiger partial charge < -0.3 is 4.84 Å². The third kappa shape index (κ3) is 9.26. The van der Waals surface area contributed by atoms with Gasteiger partial charge in [0.25, 0.3) is 0 Å². The largest absolute Gasteiger partial charge is 0.425 e. The Balaban J connectivity index is 3.64. The van der Waals surface area contributed by atoms with Gasteiger partial charge in [0.1, 0.15) is 6.21 Å². The van der Waals surface area contributed by atoms with E-state index in [9.17, 15) is 13.2 Å². The lowest BCUT2D eigenvalue weighted by Crippen LogP contribution is -2.15. The Hall–Kier alpha value is -0.740. The summed E-state index contributed by atoms with van der Waals surface area (Å²) in [5.41, 5.74) is -0.383. The molecule has 1 radical (unpaired) electrons. The Morgan fingerprint density at radius 3 is 2.08 bits per heavy atom. The minimum Gasteiger partial charge on any atom is -0.386 e. The van der Waals surface area contributed by atoms with Crippen LogP contribution in [0.4, 0.5) is 13.2 Å². The van der Waals surface area contributed by atoms with E-state index in [0.29, 0.717) is 0 Å². The van der Waals surface area contributed by atoms with E-state index in [2.05, 4.69) is 16.2 Å². The van der Waals surface area contributed by atoms with Gasteiger partial charge in [0.05, 0.1) is 0 Å². The molecule has 0 bridgehead atoms. The van der Waals surface area contributed by atoms with E-state index < -0.39 is 12.8 Å². The molecule has 0 aromatic carbocycles. The summed E-state index contributed by atoms with van der Waals surface area (Å²) in [6.07, 6.45) is -1.93. The molecule has 5 heteroatoms. The highest BCUT2D eigenvalue weighted by atomic mass is 19.4. The Kier molecular flexibility index (Phi) is 3.55. The van der Waals surface area contributed by atoms with Crippen LogP contribution in [0.25, 0.3) is 0 Å². The van der Waals surface area contributed by atoms with Crippen LogP contribution in [0.1, 0.15) is 20.8 Å². The summed E-state index contributed by atoms with van der Waals surface area (Å²) in [7, 11) is 0. The molecule has 0 fully saturated rings. The summed E-state index contributed by atoms with van der Waals surface area (Å²) in [5.74, 6) is 0. The molecule has 0 unspecified atom stereocenters. The van der Waals surface area contributed by atoms with E-state index in [1.54, 1.807) is 20.8 Å². The van der Waals surface area contributed by atoms with Gasteiger partial charge in [-0.25, -0.2) is 0 Å². The van der Waals surface area contributed by atoms with Gasteiger partial charge in [-0.05, 0) is 0 Å².